The fraction of sp³-hybridized carbons (Fsp3) is 0.345. The van der Waals surface area contributed by atoms with Gasteiger partial charge in [0.15, 0.2) is 5.82 Å². The Morgan fingerprint density at radius 3 is 2.64 bits per heavy atom. The molecule has 0 spiro atoms. The van der Waals surface area contributed by atoms with E-state index in [2.05, 4.69) is 14.6 Å². The number of hydrogen-bond donors (Lipinski definition) is 2. The summed E-state index contributed by atoms with van der Waals surface area (Å²) in [4.78, 5) is 16.0. The molecule has 42 heavy (non-hydrogen) atoms. The molecule has 1 fully saturated rings. The lowest BCUT2D eigenvalue weighted by atomic mass is 9.97. The maximum absolute atomic E-state index is 15.9. The predicted octanol–water partition coefficient (Wildman–Crippen LogP) is 4.49. The first kappa shape index (κ1) is 29.7. The Hall–Kier alpha value is -3.78. The van der Waals surface area contributed by atoms with Gasteiger partial charge in [0.05, 0.1) is 19.3 Å². The van der Waals surface area contributed by atoms with Crippen molar-refractivity contribution in [1.29, 1.82) is 0 Å². The first-order valence-corrected chi connectivity index (χ1v) is 14.6. The summed E-state index contributed by atoms with van der Waals surface area (Å²) in [6.45, 7) is 5.81. The lowest BCUT2D eigenvalue weighted by Crippen LogP contribution is -2.37. The van der Waals surface area contributed by atoms with Gasteiger partial charge in [0, 0.05) is 59.2 Å². The zero-order valence-electron chi connectivity index (χ0n) is 23.2. The lowest BCUT2D eigenvalue weighted by molar-refractivity contribution is 0.122. The van der Waals surface area contributed by atoms with Crippen molar-refractivity contribution in [2.24, 2.45) is 0 Å². The molecule has 1 aliphatic heterocycles. The normalized spacial score (nSPS) is 15.2. The molecule has 2 aromatic heterocycles. The number of nitrogens with zero attached hydrogens (tertiary/aromatic N) is 4. The number of morpholine rings is 1. The minimum Gasteiger partial charge on any atom is -0.760 e. The number of benzene rings is 2. The Morgan fingerprint density at radius 1 is 1.17 bits per heavy atom. The summed E-state index contributed by atoms with van der Waals surface area (Å²) in [6.07, 6.45) is -0.547. The number of pyridine rings is 1. The number of nitrogens with one attached hydrogen (secondary N) is 1. The summed E-state index contributed by atoms with van der Waals surface area (Å²) < 4.78 is 66.3. The molecule has 0 amide bonds. The number of nitrogen functional groups attached to an aromatic ring is 1. The van der Waals surface area contributed by atoms with Crippen LogP contribution < -0.4 is 20.1 Å². The molecule has 0 saturated carbocycles. The molecule has 0 radical (unpaired) electrons. The molecule has 5 rings (SSSR count). The Bertz CT molecular complexity index is 1590. The first-order valence-electron chi connectivity index (χ1n) is 13.5. The van der Waals surface area contributed by atoms with Crippen LogP contribution in [0.5, 0.6) is 5.75 Å². The van der Waals surface area contributed by atoms with Crippen molar-refractivity contribution in [3.63, 3.8) is 0 Å². The summed E-state index contributed by atoms with van der Waals surface area (Å²) in [6, 6.07) is 11.5. The number of ether oxygens (including phenoxy) is 2. The average molecular weight is 598 g/mol. The van der Waals surface area contributed by atoms with Gasteiger partial charge in [-0.2, -0.15) is 0 Å². The van der Waals surface area contributed by atoms with Crippen LogP contribution in [0.3, 0.4) is 0 Å². The molecule has 4 aromatic rings. The topological polar surface area (TPSA) is 139 Å². The van der Waals surface area contributed by atoms with E-state index < -0.39 is 23.3 Å². The van der Waals surface area contributed by atoms with Gasteiger partial charge in [-0.3, -0.25) is 4.21 Å². The molecule has 2 unspecified atom stereocenters. The van der Waals surface area contributed by atoms with Crippen molar-refractivity contribution >= 4 is 33.8 Å². The number of nitrogens with two attached hydrogens (primary N) is 1. The smallest absolute Gasteiger partial charge is 0.163 e. The van der Waals surface area contributed by atoms with Crippen LogP contribution in [0.2, 0.25) is 0 Å². The molecule has 3 N–H and O–H groups in total. The van der Waals surface area contributed by atoms with Crippen LogP contribution in [0.15, 0.2) is 48.7 Å². The second-order valence-corrected chi connectivity index (χ2v) is 10.8. The van der Waals surface area contributed by atoms with Crippen molar-refractivity contribution < 1.29 is 27.0 Å². The zero-order valence-corrected chi connectivity index (χ0v) is 24.0. The van der Waals surface area contributed by atoms with Crippen molar-refractivity contribution in [2.45, 2.75) is 32.5 Å². The van der Waals surface area contributed by atoms with Crippen LogP contribution in [0.4, 0.5) is 20.4 Å². The molecule has 13 heteroatoms. The molecule has 10 nitrogen and oxygen atoms in total. The van der Waals surface area contributed by atoms with E-state index in [-0.39, 0.29) is 30.2 Å². The highest BCUT2D eigenvalue weighted by Crippen LogP contribution is 2.40. The number of fused-ring (bicyclic) bond motifs is 1. The van der Waals surface area contributed by atoms with Gasteiger partial charge in [-0.15, -0.1) is 0 Å². The van der Waals surface area contributed by atoms with Crippen LogP contribution in [-0.2, 0) is 16.0 Å². The van der Waals surface area contributed by atoms with Gasteiger partial charge in [0.25, 0.3) is 0 Å². The van der Waals surface area contributed by atoms with E-state index in [1.54, 1.807) is 42.6 Å². The number of halogens is 2. The minimum absolute atomic E-state index is 0.157. The van der Waals surface area contributed by atoms with Gasteiger partial charge in [-0.05, 0) is 50.1 Å². The van der Waals surface area contributed by atoms with Crippen LogP contribution in [0.25, 0.3) is 33.4 Å². The minimum atomic E-state index is -2.53. The van der Waals surface area contributed by atoms with Gasteiger partial charge >= 0.3 is 0 Å². The van der Waals surface area contributed by atoms with Crippen LogP contribution in [-0.4, -0.2) is 62.7 Å². The summed E-state index contributed by atoms with van der Waals surface area (Å²) in [7, 11) is 0. The van der Waals surface area contributed by atoms with E-state index in [1.807, 2.05) is 13.8 Å². The maximum Gasteiger partial charge on any atom is 0.163 e. The fourth-order valence-corrected chi connectivity index (χ4v) is 5.09. The Labute approximate surface area is 244 Å². The average Bonchev–Trinajstić information content (AvgIpc) is 2.97. The van der Waals surface area contributed by atoms with E-state index in [1.165, 1.54) is 6.07 Å². The largest absolute Gasteiger partial charge is 0.760 e. The standard InChI is InChI=1S/C29H32F2N6O4S/c1-17(2)41-24-15-19(20-4-3-5-21(26(20)31)23(30)8-9-34-42(38)39)14-22-27(24)35-28(18-6-7-25(32)33-16-18)36-29(22)37-10-12-40-13-11-37/h3-7,14-17,23,34H,8-13H2,1-2H3,(H2,32,33)(H,38,39)/p-1. The molecule has 1 saturated heterocycles. The van der Waals surface area contributed by atoms with E-state index in [9.17, 15) is 8.76 Å². The van der Waals surface area contributed by atoms with Crippen molar-refractivity contribution in [2.75, 3.05) is 43.5 Å². The Morgan fingerprint density at radius 2 is 1.95 bits per heavy atom. The van der Waals surface area contributed by atoms with Crippen LogP contribution in [0, 0.1) is 5.82 Å². The SMILES string of the molecule is CC(C)Oc1cc(-c2cccc(C(F)CCNS(=O)[O-])c2F)cc2c(N3CCOCC3)nc(-c3ccc(N)nc3)nc12. The third kappa shape index (κ3) is 6.65. The molecule has 1 aliphatic rings. The maximum atomic E-state index is 15.9. The Kier molecular flexibility index (Phi) is 9.21. The zero-order chi connectivity index (χ0) is 29.8. The number of anilines is 2. The van der Waals surface area contributed by atoms with E-state index in [0.29, 0.717) is 71.5 Å². The molecule has 222 valence electrons. The lowest BCUT2D eigenvalue weighted by Gasteiger charge is -2.29. The van der Waals surface area contributed by atoms with Crippen LogP contribution in [0.1, 0.15) is 32.0 Å². The summed E-state index contributed by atoms with van der Waals surface area (Å²) in [5.41, 5.74) is 7.47. The third-order valence-electron chi connectivity index (χ3n) is 6.76. The number of rotatable bonds is 10. The highest BCUT2D eigenvalue weighted by molar-refractivity contribution is 7.77. The molecule has 2 aromatic carbocycles. The summed E-state index contributed by atoms with van der Waals surface area (Å²) >= 11 is -2.53. The molecule has 2 atom stereocenters. The van der Waals surface area contributed by atoms with Gasteiger partial charge < -0.3 is 24.7 Å². The predicted molar refractivity (Wildman–Crippen MR) is 157 cm³/mol. The number of aromatic nitrogens is 3. The quantitative estimate of drug-likeness (QED) is 0.253. The van der Waals surface area contributed by atoms with Crippen molar-refractivity contribution in [1.82, 2.24) is 19.7 Å². The Balaban J connectivity index is 1.67. The van der Waals surface area contributed by atoms with Gasteiger partial charge in [-0.25, -0.2) is 28.5 Å². The molecular formula is C29H31F2N6O4S-. The first-order chi connectivity index (χ1) is 20.2. The summed E-state index contributed by atoms with van der Waals surface area (Å²) in [5.74, 6) is 1.11. The van der Waals surface area contributed by atoms with Gasteiger partial charge in [0.2, 0.25) is 0 Å². The van der Waals surface area contributed by atoms with Gasteiger partial charge in [0.1, 0.15) is 34.9 Å². The van der Waals surface area contributed by atoms with E-state index >= 15 is 8.78 Å². The second kappa shape index (κ2) is 13.0. The highest BCUT2D eigenvalue weighted by Gasteiger charge is 2.24. The van der Waals surface area contributed by atoms with Crippen molar-refractivity contribution in [3.05, 3.63) is 60.0 Å². The highest BCUT2D eigenvalue weighted by atomic mass is 32.2. The number of alkyl halides is 1. The summed E-state index contributed by atoms with van der Waals surface area (Å²) in [5, 5.41) is 0.640. The third-order valence-corrected chi connectivity index (χ3v) is 7.20. The fourth-order valence-electron chi connectivity index (χ4n) is 4.81. The molecular weight excluding hydrogens is 566 g/mol. The van der Waals surface area contributed by atoms with Crippen molar-refractivity contribution in [3.8, 4) is 28.3 Å². The monoisotopic (exact) mass is 597 g/mol. The molecule has 3 heterocycles. The van der Waals surface area contributed by atoms with Crippen LogP contribution >= 0.6 is 0 Å². The second-order valence-electron chi connectivity index (χ2n) is 10.1. The molecule has 0 bridgehead atoms. The van der Waals surface area contributed by atoms with Gasteiger partial charge in [-0.1, -0.05) is 18.2 Å². The van der Waals surface area contributed by atoms with E-state index in [4.69, 9.17) is 25.2 Å². The van der Waals surface area contributed by atoms with E-state index in [0.717, 1.165) is 0 Å². The number of hydrogen-bond acceptors (Lipinski definition) is 9. The molecule has 0 aliphatic carbocycles.